The molecule has 6 nitrogen and oxygen atoms in total. The maximum Gasteiger partial charge on any atom is 0.257 e. The fourth-order valence-electron chi connectivity index (χ4n) is 2.89. The van der Waals surface area contributed by atoms with E-state index < -0.39 is 0 Å². The fourth-order valence-corrected chi connectivity index (χ4v) is 2.89. The molecule has 22 heavy (non-hydrogen) atoms. The van der Waals surface area contributed by atoms with Crippen molar-refractivity contribution in [3.05, 3.63) is 35.9 Å². The molecule has 1 N–H and O–H groups in total. The van der Waals surface area contributed by atoms with Gasteiger partial charge in [-0.05, 0) is 39.7 Å². The molecular weight excluding hydrogens is 278 g/mol. The van der Waals surface area contributed by atoms with Crippen LogP contribution in [0, 0.1) is 0 Å². The molecule has 0 aromatic carbocycles. The Labute approximate surface area is 130 Å². The number of rotatable bonds is 2. The lowest BCUT2D eigenvalue weighted by Crippen LogP contribution is -2.39. The first kappa shape index (κ1) is 14.8. The van der Waals surface area contributed by atoms with Crippen molar-refractivity contribution in [3.63, 3.8) is 0 Å². The van der Waals surface area contributed by atoms with Crippen LogP contribution in [0.4, 0.5) is 0 Å². The van der Waals surface area contributed by atoms with Gasteiger partial charge in [-0.25, -0.2) is 0 Å². The number of hydrogen-bond acceptors (Lipinski definition) is 3. The summed E-state index contributed by atoms with van der Waals surface area (Å²) in [7, 11) is 0. The van der Waals surface area contributed by atoms with E-state index in [4.69, 9.17) is 0 Å². The SMILES string of the molecule is CC(C)(C)n1cc(C(=O)N2CCCC(c3ccn[nH]3)C2)cn1. The highest BCUT2D eigenvalue weighted by atomic mass is 16.2. The lowest BCUT2D eigenvalue weighted by molar-refractivity contribution is 0.0705. The van der Waals surface area contributed by atoms with E-state index in [1.165, 1.54) is 0 Å². The molecule has 118 valence electrons. The Bertz CT molecular complexity index is 638. The highest BCUT2D eigenvalue weighted by Crippen LogP contribution is 2.26. The Hall–Kier alpha value is -2.11. The van der Waals surface area contributed by atoms with Gasteiger partial charge < -0.3 is 4.90 Å². The molecule has 0 radical (unpaired) electrons. The van der Waals surface area contributed by atoms with E-state index in [1.807, 2.05) is 21.8 Å². The minimum Gasteiger partial charge on any atom is -0.338 e. The van der Waals surface area contributed by atoms with Gasteiger partial charge in [-0.2, -0.15) is 10.2 Å². The van der Waals surface area contributed by atoms with Crippen LogP contribution >= 0.6 is 0 Å². The Morgan fingerprint density at radius 2 is 2.23 bits per heavy atom. The average Bonchev–Trinajstić information content (AvgIpc) is 3.17. The fraction of sp³-hybridized carbons (Fsp3) is 0.562. The maximum absolute atomic E-state index is 12.7. The van der Waals surface area contributed by atoms with E-state index in [0.29, 0.717) is 11.5 Å². The lowest BCUT2D eigenvalue weighted by atomic mass is 9.94. The second-order valence-corrected chi connectivity index (χ2v) is 6.95. The van der Waals surface area contributed by atoms with Gasteiger partial charge in [-0.1, -0.05) is 0 Å². The number of amides is 1. The summed E-state index contributed by atoms with van der Waals surface area (Å²) in [6.07, 6.45) is 7.40. The molecule has 1 saturated heterocycles. The number of carbonyl (C=O) groups excluding carboxylic acids is 1. The van der Waals surface area contributed by atoms with Crippen molar-refractivity contribution in [2.45, 2.75) is 45.1 Å². The van der Waals surface area contributed by atoms with Gasteiger partial charge in [-0.15, -0.1) is 0 Å². The second-order valence-electron chi connectivity index (χ2n) is 6.95. The van der Waals surface area contributed by atoms with E-state index in [9.17, 15) is 4.79 Å². The van der Waals surface area contributed by atoms with Crippen LogP contribution in [0.25, 0.3) is 0 Å². The third kappa shape index (κ3) is 2.91. The molecule has 1 atom stereocenters. The standard InChI is InChI=1S/C16H23N5O/c1-16(2,3)21-11-13(9-18-21)15(22)20-8-4-5-12(10-20)14-6-7-17-19-14/h6-7,9,11-12H,4-5,8,10H2,1-3H3,(H,17,19). The van der Waals surface area contributed by atoms with Gasteiger partial charge >= 0.3 is 0 Å². The third-order valence-corrected chi connectivity index (χ3v) is 4.19. The Morgan fingerprint density at radius 1 is 1.41 bits per heavy atom. The zero-order valence-electron chi connectivity index (χ0n) is 13.4. The van der Waals surface area contributed by atoms with Gasteiger partial charge in [0.2, 0.25) is 0 Å². The molecule has 0 bridgehead atoms. The number of nitrogens with zero attached hydrogens (tertiary/aromatic N) is 4. The summed E-state index contributed by atoms with van der Waals surface area (Å²) >= 11 is 0. The monoisotopic (exact) mass is 301 g/mol. The number of aromatic nitrogens is 4. The van der Waals surface area contributed by atoms with Crippen molar-refractivity contribution in [1.29, 1.82) is 0 Å². The molecular formula is C16H23N5O. The van der Waals surface area contributed by atoms with Crippen molar-refractivity contribution < 1.29 is 4.79 Å². The molecule has 0 aliphatic carbocycles. The van der Waals surface area contributed by atoms with Gasteiger partial charge in [0.25, 0.3) is 5.91 Å². The average molecular weight is 301 g/mol. The summed E-state index contributed by atoms with van der Waals surface area (Å²) < 4.78 is 1.84. The van der Waals surface area contributed by atoms with Crippen LogP contribution in [0.15, 0.2) is 24.7 Å². The van der Waals surface area contributed by atoms with E-state index in [1.54, 1.807) is 12.4 Å². The molecule has 2 aromatic heterocycles. The molecule has 1 fully saturated rings. The first-order valence-corrected chi connectivity index (χ1v) is 7.79. The van der Waals surface area contributed by atoms with E-state index in [2.05, 4.69) is 36.1 Å². The van der Waals surface area contributed by atoms with Gasteiger partial charge in [-0.3, -0.25) is 14.6 Å². The zero-order valence-corrected chi connectivity index (χ0v) is 13.4. The Morgan fingerprint density at radius 3 is 2.86 bits per heavy atom. The quantitative estimate of drug-likeness (QED) is 0.926. The number of nitrogens with one attached hydrogen (secondary N) is 1. The van der Waals surface area contributed by atoms with Crippen LogP contribution in [-0.2, 0) is 5.54 Å². The number of aromatic amines is 1. The minimum atomic E-state index is -0.112. The molecule has 1 aliphatic rings. The van der Waals surface area contributed by atoms with Crippen LogP contribution in [0.5, 0.6) is 0 Å². The summed E-state index contributed by atoms with van der Waals surface area (Å²) in [5.74, 6) is 0.414. The summed E-state index contributed by atoms with van der Waals surface area (Å²) in [5, 5.41) is 11.4. The van der Waals surface area contributed by atoms with Gasteiger partial charge in [0.15, 0.2) is 0 Å². The number of likely N-dealkylation sites (tertiary alicyclic amines) is 1. The summed E-state index contributed by atoms with van der Waals surface area (Å²) in [5.41, 5.74) is 1.67. The number of H-pyrrole nitrogens is 1. The molecule has 3 heterocycles. The number of piperidine rings is 1. The third-order valence-electron chi connectivity index (χ3n) is 4.19. The Kier molecular flexibility index (Phi) is 3.76. The first-order valence-electron chi connectivity index (χ1n) is 7.79. The number of carbonyl (C=O) groups is 1. The highest BCUT2D eigenvalue weighted by molar-refractivity contribution is 5.93. The molecule has 0 spiro atoms. The predicted octanol–water partition coefficient (Wildman–Crippen LogP) is 2.38. The van der Waals surface area contributed by atoms with E-state index in [0.717, 1.165) is 31.6 Å². The zero-order chi connectivity index (χ0) is 15.7. The molecule has 1 amide bonds. The van der Waals surface area contributed by atoms with E-state index in [-0.39, 0.29) is 11.4 Å². The molecule has 6 heteroatoms. The molecule has 1 aliphatic heterocycles. The smallest absolute Gasteiger partial charge is 0.257 e. The van der Waals surface area contributed by atoms with Crippen molar-refractivity contribution in [2.24, 2.45) is 0 Å². The summed E-state index contributed by atoms with van der Waals surface area (Å²) in [4.78, 5) is 14.6. The van der Waals surface area contributed by atoms with Crippen molar-refractivity contribution in [3.8, 4) is 0 Å². The van der Waals surface area contributed by atoms with Crippen LogP contribution in [0.1, 0.15) is 55.6 Å². The predicted molar refractivity (Wildman–Crippen MR) is 83.7 cm³/mol. The Balaban J connectivity index is 1.73. The topological polar surface area (TPSA) is 66.8 Å². The normalized spacial score (nSPS) is 19.4. The van der Waals surface area contributed by atoms with Crippen molar-refractivity contribution >= 4 is 5.91 Å². The summed E-state index contributed by atoms with van der Waals surface area (Å²) in [6.45, 7) is 7.77. The largest absolute Gasteiger partial charge is 0.338 e. The second kappa shape index (κ2) is 5.59. The number of hydrogen-bond donors (Lipinski definition) is 1. The van der Waals surface area contributed by atoms with Crippen LogP contribution in [0.3, 0.4) is 0 Å². The van der Waals surface area contributed by atoms with Crippen molar-refractivity contribution in [1.82, 2.24) is 24.9 Å². The highest BCUT2D eigenvalue weighted by Gasteiger charge is 2.27. The summed E-state index contributed by atoms with van der Waals surface area (Å²) in [6, 6.07) is 2.00. The van der Waals surface area contributed by atoms with E-state index >= 15 is 0 Å². The van der Waals surface area contributed by atoms with Gasteiger partial charge in [0.1, 0.15) is 0 Å². The first-order chi connectivity index (χ1) is 10.4. The van der Waals surface area contributed by atoms with Crippen LogP contribution < -0.4 is 0 Å². The molecule has 0 saturated carbocycles. The molecule has 2 aromatic rings. The van der Waals surface area contributed by atoms with Gasteiger partial charge in [0, 0.05) is 37.1 Å². The van der Waals surface area contributed by atoms with Gasteiger partial charge in [0.05, 0.1) is 17.3 Å². The molecule has 3 rings (SSSR count). The van der Waals surface area contributed by atoms with Crippen LogP contribution in [0.2, 0.25) is 0 Å². The van der Waals surface area contributed by atoms with Crippen molar-refractivity contribution in [2.75, 3.05) is 13.1 Å². The molecule has 1 unspecified atom stereocenters. The minimum absolute atomic E-state index is 0.0692. The maximum atomic E-state index is 12.7. The lowest BCUT2D eigenvalue weighted by Gasteiger charge is -2.32. The van der Waals surface area contributed by atoms with Crippen LogP contribution in [-0.4, -0.2) is 43.9 Å².